The second kappa shape index (κ2) is 9.66. The number of amides is 3. The molecule has 2 aromatic carbocycles. The van der Waals surface area contributed by atoms with Crippen molar-refractivity contribution in [2.24, 2.45) is 5.92 Å². The van der Waals surface area contributed by atoms with E-state index in [9.17, 15) is 14.4 Å². The van der Waals surface area contributed by atoms with E-state index in [0.29, 0.717) is 17.9 Å². The van der Waals surface area contributed by atoms with Gasteiger partial charge in [-0.2, -0.15) is 0 Å². The van der Waals surface area contributed by atoms with Crippen molar-refractivity contribution in [2.75, 3.05) is 6.54 Å². The number of aromatic nitrogens is 1. The van der Waals surface area contributed by atoms with Gasteiger partial charge in [-0.15, -0.1) is 0 Å². The van der Waals surface area contributed by atoms with E-state index in [0.717, 1.165) is 22.2 Å². The lowest BCUT2D eigenvalue weighted by Gasteiger charge is -2.30. The Balaban J connectivity index is 1.41. The molecule has 2 heterocycles. The van der Waals surface area contributed by atoms with Crippen LogP contribution in [0.15, 0.2) is 54.6 Å². The van der Waals surface area contributed by atoms with E-state index in [-0.39, 0.29) is 18.9 Å². The lowest BCUT2D eigenvalue weighted by atomic mass is 9.91. The summed E-state index contributed by atoms with van der Waals surface area (Å²) in [6, 6.07) is 15.9. The van der Waals surface area contributed by atoms with E-state index in [4.69, 9.17) is 9.94 Å². The lowest BCUT2D eigenvalue weighted by Crippen LogP contribution is -2.56. The molecule has 3 amide bonds. The van der Waals surface area contributed by atoms with E-state index >= 15 is 0 Å². The predicted molar refractivity (Wildman–Crippen MR) is 120 cm³/mol. The van der Waals surface area contributed by atoms with Crippen LogP contribution in [0.3, 0.4) is 0 Å². The van der Waals surface area contributed by atoms with E-state index in [2.05, 4.69) is 15.6 Å². The Morgan fingerprint density at radius 3 is 2.70 bits per heavy atom. The van der Waals surface area contributed by atoms with Gasteiger partial charge in [0.2, 0.25) is 11.8 Å². The van der Waals surface area contributed by atoms with Gasteiger partial charge in [0.25, 0.3) is 5.91 Å². The molecule has 1 unspecified atom stereocenters. The van der Waals surface area contributed by atoms with Crippen LogP contribution in [0.4, 0.5) is 0 Å². The number of rotatable bonds is 6. The minimum atomic E-state index is -0.853. The van der Waals surface area contributed by atoms with Crippen molar-refractivity contribution in [3.05, 3.63) is 71.4 Å². The maximum absolute atomic E-state index is 12.7. The SMILES string of the molecule is Cc1cc(COc2ccc(C(=O)N[C@@H]3CNC(=O)CC3C(=O)NO)cc2)c2ccccc2n1. The van der Waals surface area contributed by atoms with Gasteiger partial charge >= 0.3 is 0 Å². The molecule has 9 nitrogen and oxygen atoms in total. The summed E-state index contributed by atoms with van der Waals surface area (Å²) in [5.74, 6) is -1.67. The molecule has 1 aliphatic rings. The van der Waals surface area contributed by atoms with Crippen molar-refractivity contribution in [1.82, 2.24) is 21.1 Å². The molecule has 1 aliphatic heterocycles. The average Bonchev–Trinajstić information content (AvgIpc) is 2.83. The molecule has 0 spiro atoms. The zero-order chi connectivity index (χ0) is 23.4. The smallest absolute Gasteiger partial charge is 0.251 e. The average molecular weight is 448 g/mol. The number of piperidine rings is 1. The van der Waals surface area contributed by atoms with Crippen LogP contribution < -0.4 is 20.9 Å². The molecule has 1 aromatic heterocycles. The predicted octanol–water partition coefficient (Wildman–Crippen LogP) is 1.86. The molecule has 4 N–H and O–H groups in total. The van der Waals surface area contributed by atoms with Crippen LogP contribution in [-0.2, 0) is 16.2 Å². The first kappa shape index (κ1) is 22.2. The molecular formula is C24H24N4O5. The summed E-state index contributed by atoms with van der Waals surface area (Å²) in [6.07, 6.45) is -0.118. The van der Waals surface area contributed by atoms with E-state index in [1.165, 1.54) is 0 Å². The van der Waals surface area contributed by atoms with Crippen LogP contribution in [0.1, 0.15) is 28.0 Å². The highest BCUT2D eigenvalue weighted by molar-refractivity contribution is 5.95. The minimum Gasteiger partial charge on any atom is -0.489 e. The summed E-state index contributed by atoms with van der Waals surface area (Å²) >= 11 is 0. The highest BCUT2D eigenvalue weighted by Crippen LogP contribution is 2.21. The number of hydrogen-bond donors (Lipinski definition) is 4. The molecule has 0 bridgehead atoms. The number of ether oxygens (including phenoxy) is 1. The Morgan fingerprint density at radius 1 is 1.18 bits per heavy atom. The van der Waals surface area contributed by atoms with E-state index in [1.54, 1.807) is 29.7 Å². The fourth-order valence-electron chi connectivity index (χ4n) is 3.92. The molecular weight excluding hydrogens is 424 g/mol. The van der Waals surface area contributed by atoms with Crippen molar-refractivity contribution in [3.8, 4) is 5.75 Å². The number of nitrogens with zero attached hydrogens (tertiary/aromatic N) is 1. The van der Waals surface area contributed by atoms with Crippen LogP contribution in [0.2, 0.25) is 0 Å². The van der Waals surface area contributed by atoms with Gasteiger partial charge in [0.15, 0.2) is 0 Å². The molecule has 0 aliphatic carbocycles. The summed E-state index contributed by atoms with van der Waals surface area (Å²) in [4.78, 5) is 40.6. The molecule has 2 atom stereocenters. The fraction of sp³-hybridized carbons (Fsp3) is 0.250. The Kier molecular flexibility index (Phi) is 6.50. The molecule has 0 saturated carbocycles. The Bertz CT molecular complexity index is 1200. The summed E-state index contributed by atoms with van der Waals surface area (Å²) in [5.41, 5.74) is 4.78. The summed E-state index contributed by atoms with van der Waals surface area (Å²) < 4.78 is 5.93. The fourth-order valence-corrected chi connectivity index (χ4v) is 3.92. The van der Waals surface area contributed by atoms with Gasteiger partial charge in [0.1, 0.15) is 12.4 Å². The number of carbonyl (C=O) groups excluding carboxylic acids is 3. The standard InChI is InChI=1S/C24H24N4O5/c1-14-10-16(18-4-2-3-5-20(18)26-14)13-33-17-8-6-15(7-9-17)23(30)27-21-12-25-22(29)11-19(21)24(31)28-32/h2-10,19,21,32H,11-13H2,1H3,(H,25,29)(H,27,30)(H,28,31)/t19?,21-/m1/s1. The van der Waals surface area contributed by atoms with Gasteiger partial charge in [-0.3, -0.25) is 24.6 Å². The molecule has 170 valence electrons. The van der Waals surface area contributed by atoms with Gasteiger partial charge in [-0.05, 0) is 43.3 Å². The summed E-state index contributed by atoms with van der Waals surface area (Å²) in [7, 11) is 0. The number of para-hydroxylation sites is 1. The molecule has 1 saturated heterocycles. The zero-order valence-corrected chi connectivity index (χ0v) is 18.0. The van der Waals surface area contributed by atoms with Crippen LogP contribution in [0.5, 0.6) is 5.75 Å². The first-order valence-corrected chi connectivity index (χ1v) is 10.5. The van der Waals surface area contributed by atoms with Crippen molar-refractivity contribution in [2.45, 2.75) is 26.0 Å². The van der Waals surface area contributed by atoms with Crippen molar-refractivity contribution in [1.29, 1.82) is 0 Å². The maximum Gasteiger partial charge on any atom is 0.251 e. The van der Waals surface area contributed by atoms with Gasteiger partial charge in [-0.25, -0.2) is 5.48 Å². The Labute approximate surface area is 190 Å². The largest absolute Gasteiger partial charge is 0.489 e. The number of aryl methyl sites for hydroxylation is 1. The third kappa shape index (κ3) is 5.09. The van der Waals surface area contributed by atoms with Crippen molar-refractivity contribution >= 4 is 28.6 Å². The minimum absolute atomic E-state index is 0.100. The quantitative estimate of drug-likeness (QED) is 0.337. The van der Waals surface area contributed by atoms with Crippen LogP contribution in [0, 0.1) is 12.8 Å². The number of hydroxylamine groups is 1. The van der Waals surface area contributed by atoms with Crippen molar-refractivity contribution in [3.63, 3.8) is 0 Å². The van der Waals surface area contributed by atoms with E-state index < -0.39 is 23.8 Å². The molecule has 33 heavy (non-hydrogen) atoms. The highest BCUT2D eigenvalue weighted by atomic mass is 16.5. The van der Waals surface area contributed by atoms with Crippen LogP contribution in [-0.4, -0.2) is 40.5 Å². The van der Waals surface area contributed by atoms with Gasteiger partial charge in [0.05, 0.1) is 17.5 Å². The van der Waals surface area contributed by atoms with E-state index in [1.807, 2.05) is 37.3 Å². The molecule has 4 rings (SSSR count). The Morgan fingerprint density at radius 2 is 1.94 bits per heavy atom. The number of hydrogen-bond acceptors (Lipinski definition) is 6. The third-order valence-corrected chi connectivity index (χ3v) is 5.61. The highest BCUT2D eigenvalue weighted by Gasteiger charge is 2.35. The first-order valence-electron chi connectivity index (χ1n) is 10.5. The first-order chi connectivity index (χ1) is 15.9. The topological polar surface area (TPSA) is 130 Å². The maximum atomic E-state index is 12.7. The van der Waals surface area contributed by atoms with Gasteiger partial charge in [0, 0.05) is 35.2 Å². The second-order valence-corrected chi connectivity index (χ2v) is 7.92. The van der Waals surface area contributed by atoms with Gasteiger partial charge in [-0.1, -0.05) is 18.2 Å². The summed E-state index contributed by atoms with van der Waals surface area (Å²) in [6.45, 7) is 2.40. The molecule has 9 heteroatoms. The Hall–Kier alpha value is -3.98. The molecule has 0 radical (unpaired) electrons. The number of benzene rings is 2. The number of nitrogens with one attached hydrogen (secondary N) is 3. The number of fused-ring (bicyclic) bond motifs is 1. The monoisotopic (exact) mass is 448 g/mol. The number of carbonyl (C=O) groups is 3. The normalized spacial score (nSPS) is 17.8. The van der Waals surface area contributed by atoms with Gasteiger partial charge < -0.3 is 15.4 Å². The lowest BCUT2D eigenvalue weighted by molar-refractivity contribution is -0.139. The van der Waals surface area contributed by atoms with Crippen LogP contribution >= 0.6 is 0 Å². The van der Waals surface area contributed by atoms with Crippen LogP contribution in [0.25, 0.3) is 10.9 Å². The summed E-state index contributed by atoms with van der Waals surface area (Å²) in [5, 5.41) is 15.3. The second-order valence-electron chi connectivity index (χ2n) is 7.92. The number of pyridine rings is 1. The molecule has 3 aromatic rings. The zero-order valence-electron chi connectivity index (χ0n) is 18.0. The van der Waals surface area contributed by atoms with Crippen molar-refractivity contribution < 1.29 is 24.3 Å². The molecule has 1 fully saturated rings. The third-order valence-electron chi connectivity index (χ3n) is 5.61.